The van der Waals surface area contributed by atoms with Crippen molar-refractivity contribution in [3.8, 4) is 11.5 Å². The lowest BCUT2D eigenvalue weighted by molar-refractivity contribution is 0.0988. The third-order valence-corrected chi connectivity index (χ3v) is 3.59. The minimum Gasteiger partial charge on any atom is -0.457 e. The molecule has 0 aliphatic rings. The molecule has 0 atom stereocenters. The Morgan fingerprint density at radius 2 is 1.55 bits per heavy atom. The summed E-state index contributed by atoms with van der Waals surface area (Å²) in [5, 5.41) is 0. The molecule has 0 aliphatic carbocycles. The number of carbonyl (C=O) groups is 1. The van der Waals surface area contributed by atoms with Crippen molar-refractivity contribution in [1.29, 1.82) is 0 Å². The average Bonchev–Trinajstić information content (AvgIpc) is 2.47. The van der Waals surface area contributed by atoms with E-state index >= 15 is 0 Å². The summed E-state index contributed by atoms with van der Waals surface area (Å²) in [4.78, 5) is 11.6. The summed E-state index contributed by atoms with van der Waals surface area (Å²) in [5.41, 5.74) is 4.21. The van der Waals surface area contributed by atoms with Crippen LogP contribution < -0.4 is 4.74 Å². The molecule has 0 fully saturated rings. The van der Waals surface area contributed by atoms with E-state index in [1.54, 1.807) is 0 Å². The van der Waals surface area contributed by atoms with Crippen molar-refractivity contribution in [2.45, 2.75) is 34.1 Å². The van der Waals surface area contributed by atoms with Crippen molar-refractivity contribution in [2.75, 3.05) is 0 Å². The first-order chi connectivity index (χ1) is 9.52. The Morgan fingerprint density at radius 1 is 0.950 bits per heavy atom. The molecule has 0 unspecified atom stereocenters. The molecular formula is C18H20O2. The lowest BCUT2D eigenvalue weighted by Gasteiger charge is -2.13. The van der Waals surface area contributed by atoms with Crippen LogP contribution in [-0.2, 0) is 0 Å². The van der Waals surface area contributed by atoms with Gasteiger partial charge in [0, 0.05) is 12.0 Å². The number of aryl methyl sites for hydroxylation is 2. The van der Waals surface area contributed by atoms with Crippen LogP contribution in [0.3, 0.4) is 0 Å². The number of carbonyl (C=O) groups excluding carboxylic acids is 1. The van der Waals surface area contributed by atoms with Gasteiger partial charge in [0.1, 0.15) is 11.5 Å². The van der Waals surface area contributed by atoms with Crippen LogP contribution in [0.2, 0.25) is 0 Å². The van der Waals surface area contributed by atoms with Gasteiger partial charge in [-0.1, -0.05) is 19.1 Å². The highest BCUT2D eigenvalue weighted by atomic mass is 16.5. The third kappa shape index (κ3) is 2.90. The standard InChI is InChI=1S/C18H20O2/c1-5-17(19)15-8-10-16(11-9-15)20-18-13(3)7-6-12(2)14(18)4/h6-11H,5H2,1-4H3. The normalized spacial score (nSPS) is 10.4. The summed E-state index contributed by atoms with van der Waals surface area (Å²) in [6, 6.07) is 11.5. The molecule has 0 N–H and O–H groups in total. The molecule has 0 heterocycles. The van der Waals surface area contributed by atoms with Gasteiger partial charge in [0.15, 0.2) is 5.78 Å². The number of rotatable bonds is 4. The maximum absolute atomic E-state index is 11.6. The highest BCUT2D eigenvalue weighted by molar-refractivity contribution is 5.95. The van der Waals surface area contributed by atoms with Crippen molar-refractivity contribution in [2.24, 2.45) is 0 Å². The molecule has 0 saturated carbocycles. The monoisotopic (exact) mass is 268 g/mol. The fourth-order valence-corrected chi connectivity index (χ4v) is 2.11. The zero-order chi connectivity index (χ0) is 14.7. The molecule has 0 aromatic heterocycles. The Labute approximate surface area is 120 Å². The van der Waals surface area contributed by atoms with Gasteiger partial charge >= 0.3 is 0 Å². The van der Waals surface area contributed by atoms with Crippen LogP contribution in [0.15, 0.2) is 36.4 Å². The second-order valence-corrected chi connectivity index (χ2v) is 5.06. The molecule has 2 nitrogen and oxygen atoms in total. The van der Waals surface area contributed by atoms with Crippen LogP contribution in [0.4, 0.5) is 0 Å². The second-order valence-electron chi connectivity index (χ2n) is 5.06. The molecule has 104 valence electrons. The number of benzene rings is 2. The third-order valence-electron chi connectivity index (χ3n) is 3.59. The van der Waals surface area contributed by atoms with Gasteiger partial charge < -0.3 is 4.74 Å². The van der Waals surface area contributed by atoms with E-state index in [1.165, 1.54) is 5.56 Å². The van der Waals surface area contributed by atoms with Crippen LogP contribution in [0, 0.1) is 20.8 Å². The quantitative estimate of drug-likeness (QED) is 0.730. The molecule has 2 rings (SSSR count). The molecule has 0 radical (unpaired) electrons. The van der Waals surface area contributed by atoms with E-state index in [-0.39, 0.29) is 5.78 Å². The van der Waals surface area contributed by atoms with Gasteiger partial charge in [-0.3, -0.25) is 4.79 Å². The van der Waals surface area contributed by atoms with Gasteiger partial charge in [-0.25, -0.2) is 0 Å². The van der Waals surface area contributed by atoms with Crippen molar-refractivity contribution >= 4 is 5.78 Å². The van der Waals surface area contributed by atoms with E-state index in [4.69, 9.17) is 4.74 Å². The maximum Gasteiger partial charge on any atom is 0.162 e. The zero-order valence-corrected chi connectivity index (χ0v) is 12.5. The first kappa shape index (κ1) is 14.3. The Hall–Kier alpha value is -2.09. The van der Waals surface area contributed by atoms with E-state index in [1.807, 2.05) is 38.1 Å². The van der Waals surface area contributed by atoms with E-state index < -0.39 is 0 Å². The molecule has 0 bridgehead atoms. The molecule has 2 aromatic rings. The lowest BCUT2D eigenvalue weighted by atomic mass is 10.1. The summed E-state index contributed by atoms with van der Waals surface area (Å²) in [6.07, 6.45) is 0.524. The minimum absolute atomic E-state index is 0.152. The fourth-order valence-electron chi connectivity index (χ4n) is 2.11. The van der Waals surface area contributed by atoms with Crippen molar-refractivity contribution in [3.63, 3.8) is 0 Å². The summed E-state index contributed by atoms with van der Waals surface area (Å²) in [7, 11) is 0. The first-order valence-electron chi connectivity index (χ1n) is 6.91. The van der Waals surface area contributed by atoms with Gasteiger partial charge in [0.25, 0.3) is 0 Å². The Balaban J connectivity index is 2.27. The number of hydrogen-bond donors (Lipinski definition) is 0. The molecule has 0 saturated heterocycles. The largest absolute Gasteiger partial charge is 0.457 e. The van der Waals surface area contributed by atoms with E-state index in [9.17, 15) is 4.79 Å². The smallest absolute Gasteiger partial charge is 0.162 e. The van der Waals surface area contributed by atoms with Crippen LogP contribution >= 0.6 is 0 Å². The predicted octanol–water partition coefficient (Wildman–Crippen LogP) is 5.00. The van der Waals surface area contributed by atoms with Crippen molar-refractivity contribution in [1.82, 2.24) is 0 Å². The van der Waals surface area contributed by atoms with Crippen molar-refractivity contribution in [3.05, 3.63) is 58.7 Å². The Morgan fingerprint density at radius 3 is 2.15 bits per heavy atom. The van der Waals surface area contributed by atoms with Gasteiger partial charge in [-0.2, -0.15) is 0 Å². The first-order valence-corrected chi connectivity index (χ1v) is 6.91. The predicted molar refractivity (Wildman–Crippen MR) is 81.8 cm³/mol. The Kier molecular flexibility index (Phi) is 4.23. The minimum atomic E-state index is 0.152. The molecule has 0 aliphatic heterocycles. The summed E-state index contributed by atoms with van der Waals surface area (Å²) >= 11 is 0. The van der Waals surface area contributed by atoms with E-state index in [2.05, 4.69) is 26.0 Å². The molecular weight excluding hydrogens is 248 g/mol. The van der Waals surface area contributed by atoms with Crippen molar-refractivity contribution < 1.29 is 9.53 Å². The second kappa shape index (κ2) is 5.91. The Bertz CT molecular complexity index is 625. The highest BCUT2D eigenvalue weighted by Crippen LogP contribution is 2.30. The lowest BCUT2D eigenvalue weighted by Crippen LogP contribution is -1.97. The van der Waals surface area contributed by atoms with E-state index in [0.29, 0.717) is 6.42 Å². The van der Waals surface area contributed by atoms with Crippen LogP contribution in [0.5, 0.6) is 11.5 Å². The molecule has 0 amide bonds. The average molecular weight is 268 g/mol. The fraction of sp³-hybridized carbons (Fsp3) is 0.278. The topological polar surface area (TPSA) is 26.3 Å². The van der Waals surface area contributed by atoms with Crippen LogP contribution in [-0.4, -0.2) is 5.78 Å². The van der Waals surface area contributed by atoms with Crippen LogP contribution in [0.1, 0.15) is 40.4 Å². The number of hydrogen-bond acceptors (Lipinski definition) is 2. The van der Waals surface area contributed by atoms with Gasteiger partial charge in [0.05, 0.1) is 0 Å². The SMILES string of the molecule is CCC(=O)c1ccc(Oc2c(C)ccc(C)c2C)cc1. The summed E-state index contributed by atoms with van der Waals surface area (Å²) in [6.45, 7) is 8.04. The molecule has 20 heavy (non-hydrogen) atoms. The molecule has 2 aromatic carbocycles. The highest BCUT2D eigenvalue weighted by Gasteiger charge is 2.08. The summed E-state index contributed by atoms with van der Waals surface area (Å²) in [5.74, 6) is 1.81. The zero-order valence-electron chi connectivity index (χ0n) is 12.5. The number of ketones is 1. The number of ether oxygens (including phenoxy) is 1. The van der Waals surface area contributed by atoms with Gasteiger partial charge in [-0.05, 0) is 61.7 Å². The molecule has 2 heteroatoms. The number of Topliss-reactive ketones (excluding diaryl/α,β-unsaturated/α-hetero) is 1. The van der Waals surface area contributed by atoms with E-state index in [0.717, 1.165) is 28.2 Å². The van der Waals surface area contributed by atoms with Gasteiger partial charge in [-0.15, -0.1) is 0 Å². The molecule has 0 spiro atoms. The maximum atomic E-state index is 11.6. The summed E-state index contributed by atoms with van der Waals surface area (Å²) < 4.78 is 5.98. The van der Waals surface area contributed by atoms with Crippen LogP contribution in [0.25, 0.3) is 0 Å². The van der Waals surface area contributed by atoms with Gasteiger partial charge in [0.2, 0.25) is 0 Å².